The van der Waals surface area contributed by atoms with Crippen LogP contribution in [0.5, 0.6) is 5.75 Å². The van der Waals surface area contributed by atoms with Gasteiger partial charge in [-0.15, -0.1) is 0 Å². The Hall–Kier alpha value is -2.01. The van der Waals surface area contributed by atoms with E-state index < -0.39 is 6.10 Å². The van der Waals surface area contributed by atoms with Crippen molar-refractivity contribution in [2.45, 2.75) is 32.9 Å². The van der Waals surface area contributed by atoms with Gasteiger partial charge < -0.3 is 10.1 Å². The first-order chi connectivity index (χ1) is 10.4. The van der Waals surface area contributed by atoms with Gasteiger partial charge in [-0.3, -0.25) is 9.48 Å². The summed E-state index contributed by atoms with van der Waals surface area (Å²) in [5, 5.41) is 7.60. The Morgan fingerprint density at radius 2 is 2.05 bits per heavy atom. The summed E-state index contributed by atoms with van der Waals surface area (Å²) in [7, 11) is 1.87. The van der Waals surface area contributed by atoms with E-state index in [4.69, 9.17) is 16.3 Å². The maximum Gasteiger partial charge on any atom is 0.261 e. The highest BCUT2D eigenvalue weighted by Crippen LogP contribution is 2.24. The predicted octanol–water partition coefficient (Wildman–Crippen LogP) is 3.03. The van der Waals surface area contributed by atoms with Crippen molar-refractivity contribution < 1.29 is 9.53 Å². The molecule has 2 rings (SSSR count). The molecule has 0 aliphatic carbocycles. The quantitative estimate of drug-likeness (QED) is 0.921. The number of benzene rings is 1. The molecule has 0 aliphatic heterocycles. The van der Waals surface area contributed by atoms with Crippen molar-refractivity contribution in [3.05, 3.63) is 46.7 Å². The van der Waals surface area contributed by atoms with E-state index in [1.807, 2.05) is 33.0 Å². The van der Waals surface area contributed by atoms with E-state index in [-0.39, 0.29) is 11.9 Å². The van der Waals surface area contributed by atoms with Gasteiger partial charge in [0, 0.05) is 18.3 Å². The van der Waals surface area contributed by atoms with Crippen LogP contribution in [0.15, 0.2) is 30.5 Å². The molecule has 0 fully saturated rings. The minimum atomic E-state index is -0.640. The molecule has 0 saturated carbocycles. The normalized spacial score (nSPS) is 13.5. The van der Waals surface area contributed by atoms with Gasteiger partial charge in [0.25, 0.3) is 5.91 Å². The maximum absolute atomic E-state index is 12.3. The van der Waals surface area contributed by atoms with Gasteiger partial charge in [0.2, 0.25) is 0 Å². The molecule has 2 atom stereocenters. The molecule has 1 N–H and O–H groups in total. The molecule has 1 aromatic heterocycles. The molecule has 0 saturated heterocycles. The minimum Gasteiger partial charge on any atom is -0.479 e. The third-order valence-electron chi connectivity index (χ3n) is 3.61. The Kier molecular flexibility index (Phi) is 5.08. The molecule has 1 amide bonds. The Bertz CT molecular complexity index is 669. The average molecular weight is 322 g/mol. The SMILES string of the molecule is Cc1c([C@@H](C)NC(=O)[C@H](C)Oc2ccccc2Cl)cnn1C. The monoisotopic (exact) mass is 321 g/mol. The topological polar surface area (TPSA) is 56.1 Å². The van der Waals surface area contributed by atoms with Crippen LogP contribution < -0.4 is 10.1 Å². The van der Waals surface area contributed by atoms with Crippen LogP contribution in [0, 0.1) is 6.92 Å². The van der Waals surface area contributed by atoms with Crippen molar-refractivity contribution in [1.29, 1.82) is 0 Å². The summed E-state index contributed by atoms with van der Waals surface area (Å²) in [4.78, 5) is 12.3. The molecular weight excluding hydrogens is 302 g/mol. The summed E-state index contributed by atoms with van der Waals surface area (Å²) in [5.41, 5.74) is 2.01. The molecule has 0 spiro atoms. The van der Waals surface area contributed by atoms with Crippen LogP contribution in [-0.4, -0.2) is 21.8 Å². The molecule has 2 aromatic rings. The van der Waals surface area contributed by atoms with E-state index in [0.29, 0.717) is 10.8 Å². The molecule has 0 aliphatic rings. The lowest BCUT2D eigenvalue weighted by molar-refractivity contribution is -0.127. The fourth-order valence-corrected chi connectivity index (χ4v) is 2.31. The van der Waals surface area contributed by atoms with Crippen LogP contribution in [-0.2, 0) is 11.8 Å². The first kappa shape index (κ1) is 16.4. The number of halogens is 1. The minimum absolute atomic E-state index is 0.140. The van der Waals surface area contributed by atoms with Crippen molar-refractivity contribution in [3.63, 3.8) is 0 Å². The van der Waals surface area contributed by atoms with Crippen LogP contribution in [0.1, 0.15) is 31.1 Å². The lowest BCUT2D eigenvalue weighted by Gasteiger charge is -2.19. The Labute approximate surface area is 135 Å². The number of amides is 1. The summed E-state index contributed by atoms with van der Waals surface area (Å²) < 4.78 is 7.39. The van der Waals surface area contributed by atoms with E-state index in [1.165, 1.54) is 0 Å². The summed E-state index contributed by atoms with van der Waals surface area (Å²) in [6.07, 6.45) is 1.12. The standard InChI is InChI=1S/C16H20ClN3O2/c1-10(13-9-18-20(4)11(13)2)19-16(21)12(3)22-15-8-6-5-7-14(15)17/h5-10,12H,1-4H3,(H,19,21)/t10-,12+/m1/s1. The van der Waals surface area contributed by atoms with Crippen molar-refractivity contribution in [2.24, 2.45) is 7.05 Å². The zero-order chi connectivity index (χ0) is 16.3. The lowest BCUT2D eigenvalue weighted by Crippen LogP contribution is -2.37. The fourth-order valence-electron chi connectivity index (χ4n) is 2.13. The Morgan fingerprint density at radius 3 is 2.64 bits per heavy atom. The molecule has 118 valence electrons. The molecule has 5 nitrogen and oxygen atoms in total. The largest absolute Gasteiger partial charge is 0.479 e. The zero-order valence-electron chi connectivity index (χ0n) is 13.1. The predicted molar refractivity (Wildman–Crippen MR) is 86.0 cm³/mol. The van der Waals surface area contributed by atoms with Crippen LogP contribution in [0.25, 0.3) is 0 Å². The molecule has 22 heavy (non-hydrogen) atoms. The highest BCUT2D eigenvalue weighted by molar-refractivity contribution is 6.32. The molecule has 0 bridgehead atoms. The number of hydrogen-bond acceptors (Lipinski definition) is 3. The number of aromatic nitrogens is 2. The Balaban J connectivity index is 1.99. The van der Waals surface area contributed by atoms with Crippen molar-refractivity contribution in [3.8, 4) is 5.75 Å². The number of nitrogens with zero attached hydrogens (tertiary/aromatic N) is 2. The summed E-state index contributed by atoms with van der Waals surface area (Å²) >= 11 is 6.03. The third kappa shape index (κ3) is 3.60. The number of aryl methyl sites for hydroxylation is 1. The average Bonchev–Trinajstić information content (AvgIpc) is 2.81. The fraction of sp³-hybridized carbons (Fsp3) is 0.375. The number of hydrogen-bond donors (Lipinski definition) is 1. The highest BCUT2D eigenvalue weighted by Gasteiger charge is 2.20. The number of carbonyl (C=O) groups excluding carboxylic acids is 1. The van der Waals surface area contributed by atoms with E-state index >= 15 is 0 Å². The molecule has 1 heterocycles. The first-order valence-corrected chi connectivity index (χ1v) is 7.48. The smallest absolute Gasteiger partial charge is 0.261 e. The van der Waals surface area contributed by atoms with Crippen molar-refractivity contribution >= 4 is 17.5 Å². The maximum atomic E-state index is 12.3. The molecular formula is C16H20ClN3O2. The van der Waals surface area contributed by atoms with Crippen LogP contribution >= 0.6 is 11.6 Å². The van der Waals surface area contributed by atoms with Gasteiger partial charge in [0.05, 0.1) is 17.3 Å². The van der Waals surface area contributed by atoms with Gasteiger partial charge in [-0.05, 0) is 32.9 Å². The second kappa shape index (κ2) is 6.83. The van der Waals surface area contributed by atoms with Crippen molar-refractivity contribution in [1.82, 2.24) is 15.1 Å². The number of ether oxygens (including phenoxy) is 1. The van der Waals surface area contributed by atoms with E-state index in [2.05, 4.69) is 10.4 Å². The number of rotatable bonds is 5. The lowest BCUT2D eigenvalue weighted by atomic mass is 10.1. The van der Waals surface area contributed by atoms with E-state index in [9.17, 15) is 4.79 Å². The number of carbonyl (C=O) groups is 1. The van der Waals surface area contributed by atoms with Gasteiger partial charge >= 0.3 is 0 Å². The Morgan fingerprint density at radius 1 is 1.36 bits per heavy atom. The molecule has 6 heteroatoms. The summed E-state index contributed by atoms with van der Waals surface area (Å²) in [6.45, 7) is 5.58. The van der Waals surface area contributed by atoms with Gasteiger partial charge in [-0.2, -0.15) is 5.10 Å². The molecule has 1 aromatic carbocycles. The highest BCUT2D eigenvalue weighted by atomic mass is 35.5. The van der Waals surface area contributed by atoms with Gasteiger partial charge in [-0.25, -0.2) is 0 Å². The van der Waals surface area contributed by atoms with Crippen molar-refractivity contribution in [2.75, 3.05) is 0 Å². The second-order valence-corrected chi connectivity index (χ2v) is 5.64. The summed E-state index contributed by atoms with van der Waals surface area (Å²) in [5.74, 6) is 0.299. The van der Waals surface area contributed by atoms with Crippen LogP contribution in [0.4, 0.5) is 0 Å². The van der Waals surface area contributed by atoms with Crippen LogP contribution in [0.2, 0.25) is 5.02 Å². The molecule has 0 radical (unpaired) electrons. The third-order valence-corrected chi connectivity index (χ3v) is 3.92. The number of nitrogens with one attached hydrogen (secondary N) is 1. The van der Waals surface area contributed by atoms with Gasteiger partial charge in [0.1, 0.15) is 5.75 Å². The zero-order valence-corrected chi connectivity index (χ0v) is 13.9. The van der Waals surface area contributed by atoms with E-state index in [0.717, 1.165) is 11.3 Å². The first-order valence-electron chi connectivity index (χ1n) is 7.10. The second-order valence-electron chi connectivity index (χ2n) is 5.23. The molecule has 0 unspecified atom stereocenters. The van der Waals surface area contributed by atoms with Crippen LogP contribution in [0.3, 0.4) is 0 Å². The van der Waals surface area contributed by atoms with Gasteiger partial charge in [-0.1, -0.05) is 23.7 Å². The van der Waals surface area contributed by atoms with Gasteiger partial charge in [0.15, 0.2) is 6.10 Å². The van der Waals surface area contributed by atoms with E-state index in [1.54, 1.807) is 29.9 Å². The number of para-hydroxylation sites is 1. The summed E-state index contributed by atoms with van der Waals surface area (Å²) in [6, 6.07) is 6.95.